The quantitative estimate of drug-likeness (QED) is 0.651. The summed E-state index contributed by atoms with van der Waals surface area (Å²) in [5, 5.41) is 2.89. The summed E-state index contributed by atoms with van der Waals surface area (Å²) in [6, 6.07) is 16.8. The molecule has 0 aromatic heterocycles. The van der Waals surface area contributed by atoms with Crippen LogP contribution in [0.1, 0.15) is 12.5 Å². The summed E-state index contributed by atoms with van der Waals surface area (Å²) in [7, 11) is 0. The smallest absolute Gasteiger partial charge is 0.288 e. The van der Waals surface area contributed by atoms with Gasteiger partial charge in [-0.25, -0.2) is 0 Å². The van der Waals surface area contributed by atoms with Crippen molar-refractivity contribution in [2.45, 2.75) is 30.0 Å². The fourth-order valence-electron chi connectivity index (χ4n) is 3.44. The van der Waals surface area contributed by atoms with Gasteiger partial charge in [-0.1, -0.05) is 42.1 Å². The van der Waals surface area contributed by atoms with Crippen LogP contribution in [-0.4, -0.2) is 60.2 Å². The molecular formula is C22H27F2N3OS. The van der Waals surface area contributed by atoms with Crippen LogP contribution < -0.4 is 5.32 Å². The number of alkyl halides is 2. The Morgan fingerprint density at radius 3 is 2.31 bits per heavy atom. The number of anilines is 1. The number of hydrogen-bond acceptors (Lipinski definition) is 4. The molecule has 2 aromatic rings. The summed E-state index contributed by atoms with van der Waals surface area (Å²) in [6.07, 6.45) is 1.04. The molecular weight excluding hydrogens is 392 g/mol. The van der Waals surface area contributed by atoms with Crippen molar-refractivity contribution in [3.63, 3.8) is 0 Å². The van der Waals surface area contributed by atoms with E-state index in [4.69, 9.17) is 0 Å². The third-order valence-electron chi connectivity index (χ3n) is 5.24. The predicted octanol–water partition coefficient (Wildman–Crippen LogP) is 4.19. The lowest BCUT2D eigenvalue weighted by Crippen LogP contribution is -2.53. The second-order valence-electron chi connectivity index (χ2n) is 7.18. The van der Waals surface area contributed by atoms with Gasteiger partial charge in [0.25, 0.3) is 5.76 Å². The van der Waals surface area contributed by atoms with Crippen LogP contribution in [0.5, 0.6) is 0 Å². The third-order valence-corrected chi connectivity index (χ3v) is 5.96. The minimum absolute atomic E-state index is 0.0722. The van der Waals surface area contributed by atoms with E-state index in [9.17, 15) is 13.6 Å². The van der Waals surface area contributed by atoms with Crippen LogP contribution in [0, 0.1) is 0 Å². The minimum atomic E-state index is -2.44. The molecule has 0 radical (unpaired) electrons. The normalized spacial score (nSPS) is 16.7. The molecule has 1 heterocycles. The number of amides is 1. The summed E-state index contributed by atoms with van der Waals surface area (Å²) in [6.45, 7) is 6.55. The molecule has 1 atom stereocenters. The molecule has 0 saturated carbocycles. The fourth-order valence-corrected chi connectivity index (χ4v) is 3.94. The number of rotatable bonds is 8. The van der Waals surface area contributed by atoms with Crippen LogP contribution in [0.3, 0.4) is 0 Å². The van der Waals surface area contributed by atoms with E-state index < -0.39 is 5.76 Å². The lowest BCUT2D eigenvalue weighted by atomic mass is 10.1. The zero-order valence-electron chi connectivity index (χ0n) is 16.6. The molecule has 29 heavy (non-hydrogen) atoms. The molecule has 1 saturated heterocycles. The van der Waals surface area contributed by atoms with Gasteiger partial charge in [0, 0.05) is 43.3 Å². The molecule has 4 nitrogen and oxygen atoms in total. The Morgan fingerprint density at radius 2 is 1.69 bits per heavy atom. The van der Waals surface area contributed by atoms with Crippen LogP contribution in [-0.2, 0) is 11.2 Å². The third kappa shape index (κ3) is 6.80. The average Bonchev–Trinajstić information content (AvgIpc) is 2.74. The molecule has 3 rings (SSSR count). The van der Waals surface area contributed by atoms with Gasteiger partial charge in [0.2, 0.25) is 5.91 Å². The Balaban J connectivity index is 1.42. The first-order valence-corrected chi connectivity index (χ1v) is 10.8. The summed E-state index contributed by atoms with van der Waals surface area (Å²) in [5.41, 5.74) is 1.97. The Morgan fingerprint density at radius 1 is 1.03 bits per heavy atom. The number of hydrogen-bond donors (Lipinski definition) is 1. The molecule has 0 aliphatic carbocycles. The molecule has 1 N–H and O–H groups in total. The molecule has 1 aliphatic rings. The lowest BCUT2D eigenvalue weighted by Gasteiger charge is -2.37. The van der Waals surface area contributed by atoms with Crippen LogP contribution in [0.15, 0.2) is 59.5 Å². The molecule has 1 fully saturated rings. The number of thioether (sulfide) groups is 1. The van der Waals surface area contributed by atoms with Gasteiger partial charge in [-0.15, -0.1) is 0 Å². The highest BCUT2D eigenvalue weighted by atomic mass is 32.2. The zero-order chi connectivity index (χ0) is 20.6. The van der Waals surface area contributed by atoms with Gasteiger partial charge in [0.15, 0.2) is 0 Å². The first kappa shape index (κ1) is 21.7. The van der Waals surface area contributed by atoms with E-state index in [2.05, 4.69) is 39.4 Å². The van der Waals surface area contributed by atoms with Gasteiger partial charge < -0.3 is 10.2 Å². The Bertz CT molecular complexity index is 765. The standard InChI is InChI=1S/C22H27F2N3OS/c1-17(21(28)25-19-7-9-20(10-8-19)29-22(23)24)27-15-13-26(14-16-27)12-11-18-5-3-2-4-6-18/h2-10,17,22H,11-16H2,1H3,(H,25,28)/t17-/m0/s1. The number of nitrogens with one attached hydrogen (secondary N) is 1. The van der Waals surface area contributed by atoms with Crippen molar-refractivity contribution in [2.24, 2.45) is 0 Å². The number of carbonyl (C=O) groups is 1. The number of benzene rings is 2. The second kappa shape index (κ2) is 10.7. The number of halogens is 2. The molecule has 7 heteroatoms. The molecule has 0 bridgehead atoms. The summed E-state index contributed by atoms with van der Waals surface area (Å²) < 4.78 is 24.8. The van der Waals surface area contributed by atoms with E-state index in [0.29, 0.717) is 22.3 Å². The van der Waals surface area contributed by atoms with Crippen molar-refractivity contribution in [1.82, 2.24) is 9.80 Å². The van der Waals surface area contributed by atoms with Crippen molar-refractivity contribution in [3.8, 4) is 0 Å². The first-order valence-electron chi connectivity index (χ1n) is 9.87. The second-order valence-corrected chi connectivity index (χ2v) is 8.24. The van der Waals surface area contributed by atoms with E-state index in [1.807, 2.05) is 13.0 Å². The maximum atomic E-state index is 12.6. The van der Waals surface area contributed by atoms with E-state index in [1.165, 1.54) is 5.56 Å². The van der Waals surface area contributed by atoms with Gasteiger partial charge in [-0.3, -0.25) is 9.69 Å². The lowest BCUT2D eigenvalue weighted by molar-refractivity contribution is -0.121. The summed E-state index contributed by atoms with van der Waals surface area (Å²) >= 11 is 0.499. The monoisotopic (exact) mass is 419 g/mol. The summed E-state index contributed by atoms with van der Waals surface area (Å²) in [4.78, 5) is 17.7. The van der Waals surface area contributed by atoms with Gasteiger partial charge in [-0.2, -0.15) is 8.78 Å². The Kier molecular flexibility index (Phi) is 8.03. The fraction of sp³-hybridized carbons (Fsp3) is 0.409. The van der Waals surface area contributed by atoms with E-state index >= 15 is 0 Å². The zero-order valence-corrected chi connectivity index (χ0v) is 17.4. The van der Waals surface area contributed by atoms with Gasteiger partial charge in [-0.05, 0) is 43.2 Å². The molecule has 0 spiro atoms. The topological polar surface area (TPSA) is 35.6 Å². The SMILES string of the molecule is C[C@@H](C(=O)Nc1ccc(SC(F)F)cc1)N1CCN(CCc2ccccc2)CC1. The molecule has 156 valence electrons. The Labute approximate surface area is 175 Å². The summed E-state index contributed by atoms with van der Waals surface area (Å²) in [5.74, 6) is -2.51. The van der Waals surface area contributed by atoms with Gasteiger partial charge in [0.1, 0.15) is 0 Å². The van der Waals surface area contributed by atoms with Gasteiger partial charge >= 0.3 is 0 Å². The maximum Gasteiger partial charge on any atom is 0.288 e. The maximum absolute atomic E-state index is 12.6. The number of carbonyl (C=O) groups excluding carboxylic acids is 1. The van der Waals surface area contributed by atoms with Crippen molar-refractivity contribution in [3.05, 3.63) is 60.2 Å². The largest absolute Gasteiger partial charge is 0.325 e. The Hall–Kier alpha value is -1.96. The number of piperazine rings is 1. The number of nitrogens with zero attached hydrogens (tertiary/aromatic N) is 2. The highest BCUT2D eigenvalue weighted by Crippen LogP contribution is 2.26. The average molecular weight is 420 g/mol. The molecule has 0 unspecified atom stereocenters. The van der Waals surface area contributed by atoms with Crippen molar-refractivity contribution >= 4 is 23.4 Å². The highest BCUT2D eigenvalue weighted by molar-refractivity contribution is 7.99. The first-order chi connectivity index (χ1) is 14.0. The van der Waals surface area contributed by atoms with Crippen LogP contribution in [0.2, 0.25) is 0 Å². The highest BCUT2D eigenvalue weighted by Gasteiger charge is 2.25. The van der Waals surface area contributed by atoms with Crippen molar-refractivity contribution in [1.29, 1.82) is 0 Å². The van der Waals surface area contributed by atoms with E-state index in [1.54, 1.807) is 24.3 Å². The van der Waals surface area contributed by atoms with Crippen LogP contribution in [0.25, 0.3) is 0 Å². The molecule has 1 aliphatic heterocycles. The van der Waals surface area contributed by atoms with E-state index in [-0.39, 0.29) is 11.9 Å². The van der Waals surface area contributed by atoms with Crippen molar-refractivity contribution < 1.29 is 13.6 Å². The molecule has 2 aromatic carbocycles. The van der Waals surface area contributed by atoms with E-state index in [0.717, 1.165) is 39.1 Å². The molecule has 1 amide bonds. The predicted molar refractivity (Wildman–Crippen MR) is 115 cm³/mol. The minimum Gasteiger partial charge on any atom is -0.325 e. The van der Waals surface area contributed by atoms with Crippen molar-refractivity contribution in [2.75, 3.05) is 38.0 Å². The van der Waals surface area contributed by atoms with Gasteiger partial charge in [0.05, 0.1) is 6.04 Å². The van der Waals surface area contributed by atoms with Crippen LogP contribution in [0.4, 0.5) is 14.5 Å². The van der Waals surface area contributed by atoms with Crippen LogP contribution >= 0.6 is 11.8 Å².